The molecule has 0 aliphatic carbocycles. The Bertz CT molecular complexity index is 700. The quantitative estimate of drug-likeness (QED) is 0.464. The highest BCUT2D eigenvalue weighted by Gasteiger charge is 2.16. The predicted octanol–water partition coefficient (Wildman–Crippen LogP) is 2.62. The van der Waals surface area contributed by atoms with Crippen LogP contribution in [-0.2, 0) is 4.74 Å². The van der Waals surface area contributed by atoms with E-state index in [1.54, 1.807) is 25.1 Å². The highest BCUT2D eigenvalue weighted by Crippen LogP contribution is 2.26. The van der Waals surface area contributed by atoms with Crippen molar-refractivity contribution in [1.82, 2.24) is 10.1 Å². The molecule has 114 valence electrons. The van der Waals surface area contributed by atoms with E-state index in [-0.39, 0.29) is 0 Å². The van der Waals surface area contributed by atoms with Crippen molar-refractivity contribution in [3.63, 3.8) is 0 Å². The molecule has 0 radical (unpaired) electrons. The highest BCUT2D eigenvalue weighted by atomic mass is 16.5. The van der Waals surface area contributed by atoms with Gasteiger partial charge < -0.3 is 14.0 Å². The van der Waals surface area contributed by atoms with Gasteiger partial charge in [0.1, 0.15) is 11.3 Å². The van der Waals surface area contributed by atoms with Crippen LogP contribution in [0.4, 0.5) is 0 Å². The smallest absolute Gasteiger partial charge is 0.341 e. The third-order valence-electron chi connectivity index (χ3n) is 2.89. The predicted molar refractivity (Wildman–Crippen MR) is 79.4 cm³/mol. The maximum absolute atomic E-state index is 11.9. The molecule has 0 unspecified atom stereocenters. The molecule has 2 rings (SSSR count). The van der Waals surface area contributed by atoms with E-state index in [4.69, 9.17) is 20.4 Å². The number of methoxy groups -OCH3 is 1. The SMILES string of the molecule is C#CCCCOc1ccc(-c2noc(C)n2)cc1C(=O)OC. The van der Waals surface area contributed by atoms with Gasteiger partial charge in [-0.2, -0.15) is 4.98 Å². The number of ether oxygens (including phenoxy) is 2. The fraction of sp³-hybridized carbons (Fsp3) is 0.312. The largest absolute Gasteiger partial charge is 0.493 e. The van der Waals surface area contributed by atoms with Crippen LogP contribution in [-0.4, -0.2) is 29.8 Å². The minimum absolute atomic E-state index is 0.308. The third-order valence-corrected chi connectivity index (χ3v) is 2.89. The van der Waals surface area contributed by atoms with Crippen LogP contribution in [0.3, 0.4) is 0 Å². The zero-order valence-electron chi connectivity index (χ0n) is 12.5. The van der Waals surface area contributed by atoms with Gasteiger partial charge in [0.2, 0.25) is 11.7 Å². The van der Waals surface area contributed by atoms with Gasteiger partial charge in [0.05, 0.1) is 13.7 Å². The number of aromatic nitrogens is 2. The van der Waals surface area contributed by atoms with E-state index in [9.17, 15) is 4.79 Å². The number of hydrogen-bond donors (Lipinski definition) is 0. The summed E-state index contributed by atoms with van der Waals surface area (Å²) < 4.78 is 15.3. The first-order chi connectivity index (χ1) is 10.7. The van der Waals surface area contributed by atoms with Gasteiger partial charge in [0.25, 0.3) is 0 Å². The summed E-state index contributed by atoms with van der Waals surface area (Å²) in [5.41, 5.74) is 0.955. The molecule has 1 aromatic heterocycles. The molecule has 0 saturated heterocycles. The van der Waals surface area contributed by atoms with Crippen molar-refractivity contribution in [2.45, 2.75) is 19.8 Å². The van der Waals surface area contributed by atoms with Gasteiger partial charge in [0.15, 0.2) is 0 Å². The van der Waals surface area contributed by atoms with E-state index in [1.165, 1.54) is 7.11 Å². The van der Waals surface area contributed by atoms with Crippen LogP contribution >= 0.6 is 0 Å². The van der Waals surface area contributed by atoms with Crippen molar-refractivity contribution in [3.8, 4) is 29.5 Å². The first-order valence-electron chi connectivity index (χ1n) is 6.75. The van der Waals surface area contributed by atoms with Gasteiger partial charge in [-0.15, -0.1) is 12.3 Å². The second kappa shape index (κ2) is 7.27. The fourth-order valence-corrected chi connectivity index (χ4v) is 1.84. The molecule has 0 bridgehead atoms. The molecule has 1 aromatic carbocycles. The van der Waals surface area contributed by atoms with E-state index >= 15 is 0 Å². The normalized spacial score (nSPS) is 10.0. The minimum Gasteiger partial charge on any atom is -0.493 e. The molecule has 0 atom stereocenters. The average Bonchev–Trinajstić information content (AvgIpc) is 2.97. The molecule has 0 saturated carbocycles. The summed E-state index contributed by atoms with van der Waals surface area (Å²) in [5.74, 6) is 3.34. The van der Waals surface area contributed by atoms with Crippen molar-refractivity contribution < 1.29 is 18.8 Å². The number of rotatable bonds is 6. The summed E-state index contributed by atoms with van der Waals surface area (Å²) >= 11 is 0. The summed E-state index contributed by atoms with van der Waals surface area (Å²) in [6, 6.07) is 5.06. The Morgan fingerprint density at radius 3 is 2.91 bits per heavy atom. The number of nitrogens with zero attached hydrogens (tertiary/aromatic N) is 2. The summed E-state index contributed by atoms with van der Waals surface area (Å²) in [7, 11) is 1.32. The molecule has 6 nitrogen and oxygen atoms in total. The van der Waals surface area contributed by atoms with Crippen molar-refractivity contribution in [2.75, 3.05) is 13.7 Å². The molecular weight excluding hydrogens is 284 g/mol. The number of terminal acetylenes is 1. The molecule has 6 heteroatoms. The lowest BCUT2D eigenvalue weighted by Crippen LogP contribution is -2.07. The van der Waals surface area contributed by atoms with Crippen LogP contribution in [0, 0.1) is 19.3 Å². The van der Waals surface area contributed by atoms with E-state index in [0.717, 1.165) is 0 Å². The first kappa shape index (κ1) is 15.6. The second-order valence-corrected chi connectivity index (χ2v) is 4.50. The lowest BCUT2D eigenvalue weighted by atomic mass is 10.1. The highest BCUT2D eigenvalue weighted by molar-refractivity contribution is 5.93. The minimum atomic E-state index is -0.492. The Kier molecular flexibility index (Phi) is 5.15. The molecule has 0 aliphatic heterocycles. The molecule has 0 N–H and O–H groups in total. The summed E-state index contributed by atoms with van der Waals surface area (Å²) in [6.45, 7) is 2.12. The Labute approximate surface area is 128 Å². The van der Waals surface area contributed by atoms with E-state index in [1.807, 2.05) is 0 Å². The van der Waals surface area contributed by atoms with Gasteiger partial charge >= 0.3 is 5.97 Å². The molecule has 0 fully saturated rings. The van der Waals surface area contributed by atoms with E-state index in [2.05, 4.69) is 16.1 Å². The average molecular weight is 300 g/mol. The van der Waals surface area contributed by atoms with Crippen molar-refractivity contribution in [2.24, 2.45) is 0 Å². The number of esters is 1. The van der Waals surface area contributed by atoms with Gasteiger partial charge in [-0.3, -0.25) is 0 Å². The first-order valence-corrected chi connectivity index (χ1v) is 6.75. The monoisotopic (exact) mass is 300 g/mol. The van der Waals surface area contributed by atoms with Crippen LogP contribution in [0.25, 0.3) is 11.4 Å². The zero-order valence-corrected chi connectivity index (χ0v) is 12.5. The summed E-state index contributed by atoms with van der Waals surface area (Å²) in [5, 5.41) is 3.83. The third kappa shape index (κ3) is 3.64. The molecule has 1 heterocycles. The van der Waals surface area contributed by atoms with E-state index < -0.39 is 5.97 Å². The molecule has 22 heavy (non-hydrogen) atoms. The maximum atomic E-state index is 11.9. The van der Waals surface area contributed by atoms with Gasteiger partial charge in [0, 0.05) is 18.9 Å². The van der Waals surface area contributed by atoms with Gasteiger partial charge in [-0.25, -0.2) is 4.79 Å². The number of hydrogen-bond acceptors (Lipinski definition) is 6. The second-order valence-electron chi connectivity index (χ2n) is 4.50. The van der Waals surface area contributed by atoms with Crippen molar-refractivity contribution >= 4 is 5.97 Å². The summed E-state index contributed by atoms with van der Waals surface area (Å²) in [6.07, 6.45) is 6.52. The van der Waals surface area contributed by atoms with Crippen LogP contribution in [0.2, 0.25) is 0 Å². The summed E-state index contributed by atoms with van der Waals surface area (Å²) in [4.78, 5) is 16.0. The maximum Gasteiger partial charge on any atom is 0.341 e. The fourth-order valence-electron chi connectivity index (χ4n) is 1.84. The number of carbonyl (C=O) groups is 1. The van der Waals surface area contributed by atoms with Crippen molar-refractivity contribution in [3.05, 3.63) is 29.7 Å². The van der Waals surface area contributed by atoms with Crippen LogP contribution in [0.1, 0.15) is 29.1 Å². The lowest BCUT2D eigenvalue weighted by molar-refractivity contribution is 0.0596. The standard InChI is InChI=1S/C16H16N2O4/c1-4-5-6-9-21-14-8-7-12(10-13(14)16(19)20-3)15-17-11(2)22-18-15/h1,7-8,10H,5-6,9H2,2-3H3. The number of carbonyl (C=O) groups excluding carboxylic acids is 1. The van der Waals surface area contributed by atoms with Gasteiger partial charge in [-0.05, 0) is 24.6 Å². The Hall–Kier alpha value is -2.81. The Balaban J connectivity index is 2.26. The Morgan fingerprint density at radius 1 is 1.45 bits per heavy atom. The number of benzene rings is 1. The molecule has 0 spiro atoms. The Morgan fingerprint density at radius 2 is 2.27 bits per heavy atom. The van der Waals surface area contributed by atoms with Gasteiger partial charge in [-0.1, -0.05) is 5.16 Å². The molecule has 0 amide bonds. The van der Waals surface area contributed by atoms with Crippen LogP contribution < -0.4 is 4.74 Å². The number of unbranched alkanes of at least 4 members (excludes halogenated alkanes) is 1. The zero-order chi connectivity index (χ0) is 15.9. The molecule has 2 aromatic rings. The number of aryl methyl sites for hydroxylation is 1. The molecular formula is C16H16N2O4. The van der Waals surface area contributed by atoms with E-state index in [0.29, 0.717) is 48.0 Å². The lowest BCUT2D eigenvalue weighted by Gasteiger charge is -2.10. The molecule has 0 aliphatic rings. The van der Waals surface area contributed by atoms with Crippen molar-refractivity contribution in [1.29, 1.82) is 0 Å². The van der Waals surface area contributed by atoms with Crippen LogP contribution in [0.15, 0.2) is 22.7 Å². The topological polar surface area (TPSA) is 74.5 Å². The van der Waals surface area contributed by atoms with Crippen LogP contribution in [0.5, 0.6) is 5.75 Å².